The van der Waals surface area contributed by atoms with Crippen molar-refractivity contribution in [1.82, 2.24) is 15.6 Å². The van der Waals surface area contributed by atoms with E-state index < -0.39 is 0 Å². The second-order valence-corrected chi connectivity index (χ2v) is 8.28. The Morgan fingerprint density at radius 3 is 2.88 bits per heavy atom. The Hall–Kier alpha value is -1.43. The number of guanidine groups is 1. The fourth-order valence-corrected chi connectivity index (χ4v) is 2.21. The second kappa shape index (κ2) is 9.16. The number of aromatic nitrogens is 1. The minimum absolute atomic E-state index is 0.177. The van der Waals surface area contributed by atoms with Gasteiger partial charge in [0.1, 0.15) is 0 Å². The van der Waals surface area contributed by atoms with E-state index in [1.54, 1.807) is 6.20 Å². The molecule has 1 aliphatic rings. The van der Waals surface area contributed by atoms with Crippen molar-refractivity contribution in [3.05, 3.63) is 23.9 Å². The summed E-state index contributed by atoms with van der Waals surface area (Å²) in [5.41, 5.74) is 1.11. The van der Waals surface area contributed by atoms with Gasteiger partial charge < -0.3 is 15.4 Å². The highest BCUT2D eigenvalue weighted by atomic mass is 32.2. The van der Waals surface area contributed by atoms with Crippen molar-refractivity contribution in [2.45, 2.75) is 44.9 Å². The third-order valence-electron chi connectivity index (χ3n) is 3.96. The summed E-state index contributed by atoms with van der Waals surface area (Å²) in [5, 5.41) is 6.71. The van der Waals surface area contributed by atoms with E-state index in [9.17, 15) is 0 Å². The molecule has 5 nitrogen and oxygen atoms in total. The van der Waals surface area contributed by atoms with Gasteiger partial charge in [-0.1, -0.05) is 0 Å². The van der Waals surface area contributed by atoms with Gasteiger partial charge in [0.25, 0.3) is 0 Å². The predicted octanol–water partition coefficient (Wildman–Crippen LogP) is 3.07. The Kier molecular flexibility index (Phi) is 7.21. The molecule has 0 aromatic carbocycles. The van der Waals surface area contributed by atoms with Crippen LogP contribution in [0.1, 0.15) is 39.2 Å². The van der Waals surface area contributed by atoms with Gasteiger partial charge >= 0.3 is 0 Å². The summed E-state index contributed by atoms with van der Waals surface area (Å²) in [7, 11) is 0. The van der Waals surface area contributed by atoms with Crippen LogP contribution < -0.4 is 15.4 Å². The lowest BCUT2D eigenvalue weighted by Crippen LogP contribution is -2.43. The molecule has 1 saturated carbocycles. The minimum Gasteiger partial charge on any atom is -0.477 e. The van der Waals surface area contributed by atoms with Crippen LogP contribution >= 0.6 is 11.8 Å². The van der Waals surface area contributed by atoms with Gasteiger partial charge in [-0.3, -0.25) is 0 Å². The summed E-state index contributed by atoms with van der Waals surface area (Å²) in [6.07, 6.45) is 6.50. The summed E-state index contributed by atoms with van der Waals surface area (Å²) in [6, 6.07) is 3.98. The maximum Gasteiger partial charge on any atom is 0.213 e. The highest BCUT2D eigenvalue weighted by Gasteiger charge is 2.22. The second-order valence-electron chi connectivity index (χ2n) is 6.77. The van der Waals surface area contributed by atoms with Gasteiger partial charge in [0.05, 0.1) is 13.2 Å². The molecule has 0 spiro atoms. The maximum absolute atomic E-state index is 5.74. The zero-order chi connectivity index (χ0) is 17.4. The Labute approximate surface area is 150 Å². The Bertz CT molecular complexity index is 544. The van der Waals surface area contributed by atoms with Crippen molar-refractivity contribution in [3.63, 3.8) is 0 Å². The monoisotopic (exact) mass is 350 g/mol. The summed E-state index contributed by atoms with van der Waals surface area (Å²) in [4.78, 5) is 8.95. The van der Waals surface area contributed by atoms with E-state index in [4.69, 9.17) is 4.74 Å². The number of ether oxygens (including phenoxy) is 1. The minimum atomic E-state index is 0.177. The van der Waals surface area contributed by atoms with Gasteiger partial charge in [0.2, 0.25) is 5.88 Å². The summed E-state index contributed by atoms with van der Waals surface area (Å²) in [5.74, 6) is 2.28. The molecule has 0 saturated heterocycles. The van der Waals surface area contributed by atoms with Gasteiger partial charge in [-0.2, -0.15) is 11.8 Å². The molecule has 0 radical (unpaired) electrons. The average Bonchev–Trinajstić information content (AvgIpc) is 3.40. The van der Waals surface area contributed by atoms with Crippen LogP contribution in [0.3, 0.4) is 0 Å². The fourth-order valence-electron chi connectivity index (χ4n) is 2.00. The van der Waals surface area contributed by atoms with Crippen LogP contribution in [0, 0.1) is 5.92 Å². The van der Waals surface area contributed by atoms with Crippen LogP contribution in [0.2, 0.25) is 0 Å². The van der Waals surface area contributed by atoms with Crippen molar-refractivity contribution < 1.29 is 4.74 Å². The van der Waals surface area contributed by atoms with E-state index in [1.165, 1.54) is 12.8 Å². The van der Waals surface area contributed by atoms with Crippen molar-refractivity contribution in [1.29, 1.82) is 0 Å². The number of thioether (sulfide) groups is 1. The van der Waals surface area contributed by atoms with Crippen LogP contribution in [0.4, 0.5) is 0 Å². The normalized spacial score (nSPS) is 15.2. The van der Waals surface area contributed by atoms with Crippen LogP contribution in [-0.2, 0) is 6.54 Å². The molecular formula is C18H30N4OS. The number of nitrogens with one attached hydrogen (secondary N) is 2. The predicted molar refractivity (Wildman–Crippen MR) is 103 cm³/mol. The van der Waals surface area contributed by atoms with Gasteiger partial charge in [-0.15, -0.1) is 0 Å². The molecule has 134 valence electrons. The Morgan fingerprint density at radius 1 is 1.42 bits per heavy atom. The number of nitrogens with zero attached hydrogens (tertiary/aromatic N) is 2. The van der Waals surface area contributed by atoms with Crippen LogP contribution in [-0.4, -0.2) is 41.6 Å². The topological polar surface area (TPSA) is 58.5 Å². The molecule has 1 aromatic heterocycles. The van der Waals surface area contributed by atoms with E-state index in [0.717, 1.165) is 37.1 Å². The van der Waals surface area contributed by atoms with Gasteiger partial charge in [-0.05, 0) is 57.4 Å². The molecule has 1 aromatic rings. The van der Waals surface area contributed by atoms with Gasteiger partial charge in [0, 0.05) is 30.1 Å². The average molecular weight is 351 g/mol. The highest BCUT2D eigenvalue weighted by molar-refractivity contribution is 7.99. The maximum atomic E-state index is 5.74. The SMILES string of the molecule is CCNC(=NCc1ccnc(OCC2CC2)c1)NCC(C)(C)SC. The molecule has 6 heteroatoms. The highest BCUT2D eigenvalue weighted by Crippen LogP contribution is 2.29. The van der Waals surface area contributed by atoms with Crippen LogP contribution in [0.15, 0.2) is 23.3 Å². The van der Waals surface area contributed by atoms with Crippen molar-refractivity contribution >= 4 is 17.7 Å². The molecular weight excluding hydrogens is 320 g/mol. The first kappa shape index (κ1) is 18.9. The van der Waals surface area contributed by atoms with Crippen LogP contribution in [0.5, 0.6) is 5.88 Å². The first-order chi connectivity index (χ1) is 11.5. The summed E-state index contributed by atoms with van der Waals surface area (Å²) < 4.78 is 5.92. The number of hydrogen-bond acceptors (Lipinski definition) is 4. The van der Waals surface area contributed by atoms with E-state index >= 15 is 0 Å². The van der Waals surface area contributed by atoms with Crippen LogP contribution in [0.25, 0.3) is 0 Å². The lowest BCUT2D eigenvalue weighted by atomic mass is 10.2. The molecule has 1 heterocycles. The first-order valence-corrected chi connectivity index (χ1v) is 9.90. The third kappa shape index (κ3) is 6.99. The Morgan fingerprint density at radius 2 is 2.21 bits per heavy atom. The molecule has 2 rings (SSSR count). The molecule has 0 atom stereocenters. The van der Waals surface area contributed by atoms with Crippen molar-refractivity contribution in [2.24, 2.45) is 10.9 Å². The standard InChI is InChI=1S/C18H30N4OS/c1-5-19-17(22-13-18(2,3)24-4)21-11-15-8-9-20-16(10-15)23-12-14-6-7-14/h8-10,14H,5-7,11-13H2,1-4H3,(H2,19,21,22). The van der Waals surface area contributed by atoms with Crippen molar-refractivity contribution in [2.75, 3.05) is 26.0 Å². The van der Waals surface area contributed by atoms with Gasteiger partial charge in [0.15, 0.2) is 5.96 Å². The molecule has 2 N–H and O–H groups in total. The van der Waals surface area contributed by atoms with E-state index in [-0.39, 0.29) is 4.75 Å². The zero-order valence-electron chi connectivity index (χ0n) is 15.3. The molecule has 1 aliphatic carbocycles. The quantitative estimate of drug-likeness (QED) is 0.529. The lowest BCUT2D eigenvalue weighted by molar-refractivity contribution is 0.288. The first-order valence-electron chi connectivity index (χ1n) is 8.67. The summed E-state index contributed by atoms with van der Waals surface area (Å²) >= 11 is 1.85. The van der Waals surface area contributed by atoms with Crippen molar-refractivity contribution in [3.8, 4) is 5.88 Å². The Balaban J connectivity index is 1.90. The smallest absolute Gasteiger partial charge is 0.213 e. The molecule has 0 amide bonds. The number of hydrogen-bond donors (Lipinski definition) is 2. The molecule has 0 aliphatic heterocycles. The lowest BCUT2D eigenvalue weighted by Gasteiger charge is -2.23. The molecule has 0 unspecified atom stereocenters. The number of pyridine rings is 1. The third-order valence-corrected chi connectivity index (χ3v) is 5.21. The van der Waals surface area contributed by atoms with E-state index in [0.29, 0.717) is 12.4 Å². The molecule has 24 heavy (non-hydrogen) atoms. The van der Waals surface area contributed by atoms with E-state index in [2.05, 4.69) is 47.6 Å². The summed E-state index contributed by atoms with van der Waals surface area (Å²) in [6.45, 7) is 9.63. The fraction of sp³-hybridized carbons (Fsp3) is 0.667. The largest absolute Gasteiger partial charge is 0.477 e. The molecule has 0 bridgehead atoms. The number of rotatable bonds is 9. The molecule has 1 fully saturated rings. The number of aliphatic imine (C=N–C) groups is 1. The zero-order valence-corrected chi connectivity index (χ0v) is 16.1. The van der Waals surface area contributed by atoms with E-state index in [1.807, 2.05) is 23.9 Å². The van der Waals surface area contributed by atoms with Gasteiger partial charge in [-0.25, -0.2) is 9.98 Å².